The summed E-state index contributed by atoms with van der Waals surface area (Å²) in [5, 5.41) is 12.0. The van der Waals surface area contributed by atoms with Crippen molar-refractivity contribution in [1.29, 1.82) is 0 Å². The van der Waals surface area contributed by atoms with Gasteiger partial charge in [-0.1, -0.05) is 0 Å². The summed E-state index contributed by atoms with van der Waals surface area (Å²) in [5.41, 5.74) is 0.147. The van der Waals surface area contributed by atoms with E-state index in [4.69, 9.17) is 14.6 Å². The fraction of sp³-hybridized carbons (Fsp3) is 0.895. The van der Waals surface area contributed by atoms with Crippen LogP contribution in [0.2, 0.25) is 0 Å². The zero-order valence-corrected chi connectivity index (χ0v) is 15.7. The molecule has 26 heavy (non-hydrogen) atoms. The average Bonchev–Trinajstić information content (AvgIpc) is 2.68. The molecule has 1 amide bonds. The van der Waals surface area contributed by atoms with Gasteiger partial charge in [0.2, 0.25) is 6.41 Å². The molecule has 4 rings (SSSR count). The molecule has 0 radical (unpaired) electrons. The minimum Gasteiger partial charge on any atom is -0.481 e. The van der Waals surface area contributed by atoms with Crippen LogP contribution in [0.15, 0.2) is 0 Å². The summed E-state index contributed by atoms with van der Waals surface area (Å²) in [6, 6.07) is -0.0915. The van der Waals surface area contributed by atoms with Gasteiger partial charge in [0.05, 0.1) is 37.4 Å². The molecule has 2 unspecified atom stereocenters. The number of carboxylic acids is 1. The van der Waals surface area contributed by atoms with Crippen molar-refractivity contribution >= 4 is 12.4 Å². The Bertz CT molecular complexity index is 471. The number of likely N-dealkylation sites (tertiary alicyclic amines) is 1. The van der Waals surface area contributed by atoms with Crippen molar-refractivity contribution in [2.45, 2.75) is 63.7 Å². The summed E-state index contributed by atoms with van der Waals surface area (Å²) >= 11 is 0. The van der Waals surface area contributed by atoms with E-state index in [2.05, 4.69) is 10.2 Å². The van der Waals surface area contributed by atoms with Gasteiger partial charge in [-0.15, -0.1) is 0 Å². The highest BCUT2D eigenvalue weighted by Crippen LogP contribution is 2.43. The molecule has 3 saturated heterocycles. The predicted molar refractivity (Wildman–Crippen MR) is 95.8 cm³/mol. The number of carbonyl (C=O) groups is 2. The molecule has 2 bridgehead atoms. The molecule has 148 valence electrons. The number of piperidine rings is 1. The molecule has 1 saturated carbocycles. The predicted octanol–water partition coefficient (Wildman–Crippen LogP) is 1.26. The van der Waals surface area contributed by atoms with E-state index in [1.54, 1.807) is 0 Å². The second-order valence-corrected chi connectivity index (χ2v) is 8.33. The smallest absolute Gasteiger partial charge is 0.306 e. The molecule has 4 aliphatic rings. The number of hydrogen-bond donors (Lipinski definition) is 2. The van der Waals surface area contributed by atoms with Gasteiger partial charge in [0.15, 0.2) is 0 Å². The molecule has 3 aliphatic heterocycles. The highest BCUT2D eigenvalue weighted by molar-refractivity contribution is 5.70. The van der Waals surface area contributed by atoms with Crippen LogP contribution in [-0.4, -0.2) is 73.5 Å². The number of aliphatic carboxylic acids is 1. The molecule has 0 aromatic rings. The summed E-state index contributed by atoms with van der Waals surface area (Å²) in [6.45, 7) is 5.67. The third-order valence-corrected chi connectivity index (χ3v) is 6.51. The molecule has 3 heterocycles. The number of rotatable bonds is 9. The Morgan fingerprint density at radius 2 is 2.04 bits per heavy atom. The van der Waals surface area contributed by atoms with E-state index in [-0.39, 0.29) is 23.5 Å². The molecule has 1 aliphatic carbocycles. The zero-order valence-electron chi connectivity index (χ0n) is 15.7. The number of nitrogens with one attached hydrogen (secondary N) is 1. The van der Waals surface area contributed by atoms with Crippen molar-refractivity contribution in [3.8, 4) is 0 Å². The first-order valence-electron chi connectivity index (χ1n) is 9.89. The normalized spacial score (nSPS) is 32.1. The van der Waals surface area contributed by atoms with Crippen LogP contribution in [-0.2, 0) is 19.1 Å². The molecule has 7 nitrogen and oxygen atoms in total. The van der Waals surface area contributed by atoms with E-state index < -0.39 is 5.97 Å². The summed E-state index contributed by atoms with van der Waals surface area (Å²) in [5.74, 6) is -0.939. The summed E-state index contributed by atoms with van der Waals surface area (Å²) in [4.78, 5) is 24.4. The number of carbonyl (C=O) groups excluding carboxylic acids is 1. The lowest BCUT2D eigenvalue weighted by atomic mass is 9.72. The van der Waals surface area contributed by atoms with Gasteiger partial charge in [-0.2, -0.15) is 0 Å². The Labute approximate surface area is 155 Å². The number of ether oxygens (including phenoxy) is 2. The van der Waals surface area contributed by atoms with Gasteiger partial charge in [-0.25, -0.2) is 0 Å². The topological polar surface area (TPSA) is 88.1 Å². The lowest BCUT2D eigenvalue weighted by Gasteiger charge is -2.46. The quantitative estimate of drug-likeness (QED) is 0.596. The SMILES string of the molecule is CC(OCC12CCC(CC1)OC2)C(CN1CCC(C(=O)O)CC1)NC=O. The van der Waals surface area contributed by atoms with E-state index in [0.717, 1.165) is 38.9 Å². The van der Waals surface area contributed by atoms with E-state index in [0.29, 0.717) is 32.1 Å². The van der Waals surface area contributed by atoms with Crippen molar-refractivity contribution in [2.24, 2.45) is 11.3 Å². The van der Waals surface area contributed by atoms with Gasteiger partial charge in [0, 0.05) is 12.0 Å². The fourth-order valence-corrected chi connectivity index (χ4v) is 4.48. The molecule has 0 aromatic carbocycles. The Hall–Kier alpha value is -1.18. The second-order valence-electron chi connectivity index (χ2n) is 8.33. The van der Waals surface area contributed by atoms with Gasteiger partial charge in [-0.05, 0) is 58.5 Å². The molecular formula is C19H32N2O5. The lowest BCUT2D eigenvalue weighted by molar-refractivity contribution is -0.152. The van der Waals surface area contributed by atoms with Crippen molar-refractivity contribution in [3.05, 3.63) is 0 Å². The third kappa shape index (κ3) is 4.75. The summed E-state index contributed by atoms with van der Waals surface area (Å²) in [7, 11) is 0. The zero-order chi connectivity index (χ0) is 18.6. The first-order chi connectivity index (χ1) is 12.5. The monoisotopic (exact) mass is 368 g/mol. The minimum atomic E-state index is -0.701. The molecule has 4 fully saturated rings. The van der Waals surface area contributed by atoms with Crippen LogP contribution >= 0.6 is 0 Å². The van der Waals surface area contributed by atoms with Crippen LogP contribution in [0.3, 0.4) is 0 Å². The van der Waals surface area contributed by atoms with Crippen molar-refractivity contribution < 1.29 is 24.2 Å². The van der Waals surface area contributed by atoms with Gasteiger partial charge in [0.1, 0.15) is 0 Å². The summed E-state index contributed by atoms with van der Waals surface area (Å²) < 4.78 is 12.1. The second kappa shape index (κ2) is 8.67. The molecule has 0 aromatic heterocycles. The molecule has 7 heteroatoms. The highest BCUT2D eigenvalue weighted by Gasteiger charge is 2.42. The number of fused-ring (bicyclic) bond motifs is 3. The van der Waals surface area contributed by atoms with Gasteiger partial charge < -0.3 is 24.8 Å². The Kier molecular flexibility index (Phi) is 6.53. The van der Waals surface area contributed by atoms with Gasteiger partial charge in [0.25, 0.3) is 0 Å². The Morgan fingerprint density at radius 1 is 1.35 bits per heavy atom. The van der Waals surface area contributed by atoms with E-state index in [1.165, 1.54) is 12.8 Å². The Balaban J connectivity index is 1.47. The van der Waals surface area contributed by atoms with Crippen LogP contribution in [0.4, 0.5) is 0 Å². The van der Waals surface area contributed by atoms with Crippen LogP contribution in [0.5, 0.6) is 0 Å². The first kappa shape index (κ1) is 19.6. The van der Waals surface area contributed by atoms with Crippen molar-refractivity contribution in [2.75, 3.05) is 32.8 Å². The third-order valence-electron chi connectivity index (χ3n) is 6.51. The van der Waals surface area contributed by atoms with E-state index in [1.807, 2.05) is 6.92 Å². The highest BCUT2D eigenvalue weighted by atomic mass is 16.5. The van der Waals surface area contributed by atoms with Crippen molar-refractivity contribution in [1.82, 2.24) is 10.2 Å². The van der Waals surface area contributed by atoms with Crippen LogP contribution in [0.25, 0.3) is 0 Å². The Morgan fingerprint density at radius 3 is 2.58 bits per heavy atom. The fourth-order valence-electron chi connectivity index (χ4n) is 4.48. The van der Waals surface area contributed by atoms with E-state index >= 15 is 0 Å². The number of carboxylic acid groups (broad SMARTS) is 1. The van der Waals surface area contributed by atoms with Gasteiger partial charge in [-0.3, -0.25) is 9.59 Å². The number of amides is 1. The van der Waals surface area contributed by atoms with Crippen LogP contribution in [0.1, 0.15) is 45.4 Å². The maximum atomic E-state index is 11.1. The largest absolute Gasteiger partial charge is 0.481 e. The number of nitrogens with zero attached hydrogens (tertiary/aromatic N) is 1. The van der Waals surface area contributed by atoms with Gasteiger partial charge >= 0.3 is 5.97 Å². The minimum absolute atomic E-state index is 0.0913. The average molecular weight is 368 g/mol. The van der Waals surface area contributed by atoms with E-state index in [9.17, 15) is 9.59 Å². The van der Waals surface area contributed by atoms with Crippen molar-refractivity contribution in [3.63, 3.8) is 0 Å². The molecule has 2 atom stereocenters. The number of hydrogen-bond acceptors (Lipinski definition) is 5. The molecule has 0 spiro atoms. The maximum Gasteiger partial charge on any atom is 0.306 e. The summed E-state index contributed by atoms with van der Waals surface area (Å²) in [6.07, 6.45) is 7.02. The van der Waals surface area contributed by atoms with Crippen LogP contribution in [0, 0.1) is 11.3 Å². The standard InChI is InChI=1S/C19H32N2O5/c1-14(25-11-19-6-2-16(3-7-19)26-12-19)17(20-13-22)10-21-8-4-15(5-9-21)18(23)24/h13-17H,2-12H2,1H3,(H,20,22)(H,23,24). The van der Waals surface area contributed by atoms with Crippen LogP contribution < -0.4 is 5.32 Å². The molecule has 2 N–H and O–H groups in total. The first-order valence-corrected chi connectivity index (χ1v) is 9.89. The molecular weight excluding hydrogens is 336 g/mol. The maximum absolute atomic E-state index is 11.1. The lowest BCUT2D eigenvalue weighted by Crippen LogP contribution is -2.51.